The third-order valence-corrected chi connectivity index (χ3v) is 4.18. The van der Waals surface area contributed by atoms with Crippen LogP contribution < -0.4 is 15.4 Å². The highest BCUT2D eigenvalue weighted by atomic mass is 32.2. The van der Waals surface area contributed by atoms with Gasteiger partial charge in [-0.3, -0.25) is 0 Å². The highest BCUT2D eigenvalue weighted by molar-refractivity contribution is 7.99. The number of pyridine rings is 1. The SMILES string of the molecule is COc1ccc(CNC(=O)NCCCSc2ccccc2)cn1. The molecule has 1 aromatic heterocycles. The topological polar surface area (TPSA) is 63.2 Å². The fourth-order valence-corrected chi connectivity index (χ4v) is 2.74. The molecule has 1 heterocycles. The van der Waals surface area contributed by atoms with Crippen LogP contribution in [0.5, 0.6) is 5.88 Å². The molecule has 0 saturated heterocycles. The van der Waals surface area contributed by atoms with Gasteiger partial charge in [0, 0.05) is 30.2 Å². The van der Waals surface area contributed by atoms with Gasteiger partial charge in [0.25, 0.3) is 0 Å². The van der Waals surface area contributed by atoms with Crippen LogP contribution in [0.1, 0.15) is 12.0 Å². The van der Waals surface area contributed by atoms with Gasteiger partial charge in [0.1, 0.15) is 0 Å². The van der Waals surface area contributed by atoms with Crippen LogP contribution in [-0.4, -0.2) is 30.4 Å². The molecule has 0 aliphatic carbocycles. The van der Waals surface area contributed by atoms with Crippen LogP contribution in [0.25, 0.3) is 0 Å². The number of nitrogens with one attached hydrogen (secondary N) is 2. The Bertz CT molecular complexity index is 591. The number of amides is 2. The maximum Gasteiger partial charge on any atom is 0.315 e. The first-order valence-electron chi connectivity index (χ1n) is 7.46. The summed E-state index contributed by atoms with van der Waals surface area (Å²) in [7, 11) is 1.57. The van der Waals surface area contributed by atoms with Crippen molar-refractivity contribution in [2.24, 2.45) is 0 Å². The molecule has 0 spiro atoms. The maximum atomic E-state index is 11.7. The molecule has 0 atom stereocenters. The second-order valence-corrected chi connectivity index (χ2v) is 6.00. The molecule has 0 aliphatic heterocycles. The van der Waals surface area contributed by atoms with Gasteiger partial charge in [-0.2, -0.15) is 0 Å². The largest absolute Gasteiger partial charge is 0.481 e. The van der Waals surface area contributed by atoms with Gasteiger partial charge < -0.3 is 15.4 Å². The second kappa shape index (κ2) is 9.74. The summed E-state index contributed by atoms with van der Waals surface area (Å²) in [5.74, 6) is 1.54. The number of hydrogen-bond donors (Lipinski definition) is 2. The van der Waals surface area contributed by atoms with E-state index < -0.39 is 0 Å². The first-order chi connectivity index (χ1) is 11.3. The zero-order valence-electron chi connectivity index (χ0n) is 13.1. The molecule has 0 fully saturated rings. The summed E-state index contributed by atoms with van der Waals surface area (Å²) in [5.41, 5.74) is 0.931. The first-order valence-corrected chi connectivity index (χ1v) is 8.45. The number of carbonyl (C=O) groups is 1. The molecular formula is C17H21N3O2S. The van der Waals surface area contributed by atoms with Gasteiger partial charge >= 0.3 is 6.03 Å². The highest BCUT2D eigenvalue weighted by Gasteiger charge is 2.01. The number of carbonyl (C=O) groups excluding carboxylic acids is 1. The van der Waals surface area contributed by atoms with Crippen LogP contribution in [-0.2, 0) is 6.54 Å². The van der Waals surface area contributed by atoms with Crippen molar-refractivity contribution in [3.8, 4) is 5.88 Å². The Labute approximate surface area is 140 Å². The zero-order valence-corrected chi connectivity index (χ0v) is 13.9. The number of urea groups is 1. The summed E-state index contributed by atoms with van der Waals surface area (Å²) in [6.45, 7) is 1.11. The monoisotopic (exact) mass is 331 g/mol. The van der Waals surface area contributed by atoms with Crippen molar-refractivity contribution >= 4 is 17.8 Å². The molecule has 2 rings (SSSR count). The van der Waals surface area contributed by atoms with Crippen molar-refractivity contribution in [3.05, 3.63) is 54.2 Å². The van der Waals surface area contributed by atoms with E-state index in [9.17, 15) is 4.79 Å². The smallest absolute Gasteiger partial charge is 0.315 e. The van der Waals surface area contributed by atoms with Gasteiger partial charge in [0.2, 0.25) is 5.88 Å². The zero-order chi connectivity index (χ0) is 16.3. The van der Waals surface area contributed by atoms with Crippen LogP contribution in [0, 0.1) is 0 Å². The highest BCUT2D eigenvalue weighted by Crippen LogP contribution is 2.17. The van der Waals surface area contributed by atoms with E-state index in [1.807, 2.05) is 24.3 Å². The number of aromatic nitrogens is 1. The summed E-state index contributed by atoms with van der Waals surface area (Å²) >= 11 is 1.79. The molecular weight excluding hydrogens is 310 g/mol. The molecule has 0 radical (unpaired) electrons. The summed E-state index contributed by atoms with van der Waals surface area (Å²) in [5, 5.41) is 5.66. The Morgan fingerprint density at radius 2 is 2.00 bits per heavy atom. The van der Waals surface area contributed by atoms with E-state index in [0.717, 1.165) is 17.7 Å². The molecule has 0 saturated carbocycles. The number of methoxy groups -OCH3 is 1. The van der Waals surface area contributed by atoms with Gasteiger partial charge in [0.15, 0.2) is 0 Å². The number of thioether (sulfide) groups is 1. The maximum absolute atomic E-state index is 11.7. The average molecular weight is 331 g/mol. The van der Waals surface area contributed by atoms with E-state index in [-0.39, 0.29) is 6.03 Å². The predicted molar refractivity (Wildman–Crippen MR) is 92.8 cm³/mol. The van der Waals surface area contributed by atoms with Crippen molar-refractivity contribution in [2.45, 2.75) is 17.9 Å². The minimum absolute atomic E-state index is 0.162. The van der Waals surface area contributed by atoms with Crippen molar-refractivity contribution in [1.29, 1.82) is 0 Å². The van der Waals surface area contributed by atoms with E-state index in [0.29, 0.717) is 19.0 Å². The normalized spacial score (nSPS) is 10.1. The average Bonchev–Trinajstić information content (AvgIpc) is 2.61. The molecule has 6 heteroatoms. The van der Waals surface area contributed by atoms with E-state index in [4.69, 9.17) is 4.74 Å². The molecule has 2 aromatic rings. The van der Waals surface area contributed by atoms with Crippen LogP contribution in [0.4, 0.5) is 4.79 Å². The van der Waals surface area contributed by atoms with Crippen molar-refractivity contribution in [2.75, 3.05) is 19.4 Å². The Kier molecular flexibility index (Phi) is 7.26. The molecule has 0 aliphatic rings. The van der Waals surface area contributed by atoms with Gasteiger partial charge in [-0.05, 0) is 29.9 Å². The van der Waals surface area contributed by atoms with Crippen LogP contribution >= 0.6 is 11.8 Å². The summed E-state index contributed by atoms with van der Waals surface area (Å²) in [6, 6.07) is 13.7. The molecule has 2 N–H and O–H groups in total. The first kappa shape index (κ1) is 17.1. The number of nitrogens with zero attached hydrogens (tertiary/aromatic N) is 1. The quantitative estimate of drug-likeness (QED) is 0.576. The number of benzene rings is 1. The standard InChI is InChI=1S/C17H21N3O2S/c1-22-16-9-8-14(12-19-16)13-20-17(21)18-10-5-11-23-15-6-3-2-4-7-15/h2-4,6-9,12H,5,10-11,13H2,1H3,(H2,18,20,21). The lowest BCUT2D eigenvalue weighted by atomic mass is 10.3. The summed E-state index contributed by atoms with van der Waals surface area (Å²) in [4.78, 5) is 17.0. The minimum Gasteiger partial charge on any atom is -0.481 e. The second-order valence-electron chi connectivity index (χ2n) is 4.83. The lowest BCUT2D eigenvalue weighted by molar-refractivity contribution is 0.240. The van der Waals surface area contributed by atoms with E-state index in [1.54, 1.807) is 31.1 Å². The van der Waals surface area contributed by atoms with Crippen molar-refractivity contribution in [1.82, 2.24) is 15.6 Å². The third-order valence-electron chi connectivity index (χ3n) is 3.08. The summed E-state index contributed by atoms with van der Waals surface area (Å²) in [6.07, 6.45) is 2.62. The van der Waals surface area contributed by atoms with Crippen LogP contribution in [0.3, 0.4) is 0 Å². The Balaban J connectivity index is 1.56. The lowest BCUT2D eigenvalue weighted by Gasteiger charge is -2.08. The Morgan fingerprint density at radius 1 is 1.17 bits per heavy atom. The number of ether oxygens (including phenoxy) is 1. The van der Waals surface area contributed by atoms with Gasteiger partial charge in [-0.1, -0.05) is 24.3 Å². The van der Waals surface area contributed by atoms with E-state index in [1.165, 1.54) is 4.90 Å². The lowest BCUT2D eigenvalue weighted by Crippen LogP contribution is -2.35. The fourth-order valence-electron chi connectivity index (χ4n) is 1.86. The Morgan fingerprint density at radius 3 is 2.70 bits per heavy atom. The van der Waals surface area contributed by atoms with Crippen LogP contribution in [0.2, 0.25) is 0 Å². The van der Waals surface area contributed by atoms with Gasteiger partial charge in [0.05, 0.1) is 7.11 Å². The number of rotatable bonds is 8. The molecule has 122 valence electrons. The van der Waals surface area contributed by atoms with Gasteiger partial charge in [-0.25, -0.2) is 9.78 Å². The minimum atomic E-state index is -0.162. The molecule has 0 bridgehead atoms. The molecule has 23 heavy (non-hydrogen) atoms. The molecule has 5 nitrogen and oxygen atoms in total. The van der Waals surface area contributed by atoms with Crippen LogP contribution in [0.15, 0.2) is 53.6 Å². The van der Waals surface area contributed by atoms with E-state index in [2.05, 4.69) is 27.8 Å². The van der Waals surface area contributed by atoms with Gasteiger partial charge in [-0.15, -0.1) is 11.8 Å². The molecule has 1 aromatic carbocycles. The van der Waals surface area contributed by atoms with Crippen molar-refractivity contribution < 1.29 is 9.53 Å². The number of hydrogen-bond acceptors (Lipinski definition) is 4. The summed E-state index contributed by atoms with van der Waals surface area (Å²) < 4.78 is 4.99. The third kappa shape index (κ3) is 6.61. The Hall–Kier alpha value is -2.21. The molecule has 2 amide bonds. The fraction of sp³-hybridized carbons (Fsp3) is 0.294. The van der Waals surface area contributed by atoms with E-state index >= 15 is 0 Å². The predicted octanol–water partition coefficient (Wildman–Crippen LogP) is 3.07. The van der Waals surface area contributed by atoms with Crippen molar-refractivity contribution in [3.63, 3.8) is 0 Å². The molecule has 0 unspecified atom stereocenters.